The summed E-state index contributed by atoms with van der Waals surface area (Å²) in [5, 5.41) is 17.5. The zero-order valence-corrected chi connectivity index (χ0v) is 27.6. The molecule has 6 heteroatoms. The summed E-state index contributed by atoms with van der Waals surface area (Å²) >= 11 is 10.2. The summed E-state index contributed by atoms with van der Waals surface area (Å²) in [5.41, 5.74) is 6.21. The highest BCUT2D eigenvalue weighted by molar-refractivity contribution is 9.11. The first kappa shape index (κ1) is 32.5. The quantitative estimate of drug-likeness (QED) is 0.205. The highest BCUT2D eigenvalue weighted by Crippen LogP contribution is 2.30. The van der Waals surface area contributed by atoms with E-state index < -0.39 is 7.12 Å². The van der Waals surface area contributed by atoms with E-state index in [1.54, 1.807) is 18.2 Å². The molecule has 4 aromatic rings. The molecule has 2 nitrogen and oxygen atoms in total. The maximum atomic E-state index is 8.73. The predicted molar refractivity (Wildman–Crippen MR) is 175 cm³/mol. The van der Waals surface area contributed by atoms with Crippen LogP contribution in [0.3, 0.4) is 0 Å². The van der Waals surface area contributed by atoms with Crippen molar-refractivity contribution in [3.63, 3.8) is 0 Å². The van der Waals surface area contributed by atoms with Crippen LogP contribution in [0.15, 0.2) is 110 Å². The summed E-state index contributed by atoms with van der Waals surface area (Å²) in [6, 6.07) is 32.6. The molecule has 0 atom stereocenters. The third kappa shape index (κ3) is 10.5. The summed E-state index contributed by atoms with van der Waals surface area (Å²) in [6.45, 7) is 13.4. The van der Waals surface area contributed by atoms with Crippen LogP contribution in [0, 0.1) is 0 Å². The van der Waals surface area contributed by atoms with Crippen molar-refractivity contribution in [1.82, 2.24) is 0 Å². The number of rotatable bonds is 2. The molecule has 0 saturated carbocycles. The van der Waals surface area contributed by atoms with E-state index in [-0.39, 0.29) is 10.8 Å². The van der Waals surface area contributed by atoms with Gasteiger partial charge in [0, 0.05) is 13.4 Å². The lowest BCUT2D eigenvalue weighted by atomic mass is 9.80. The molecule has 0 fully saturated rings. The van der Waals surface area contributed by atoms with Crippen LogP contribution in [0.1, 0.15) is 52.7 Å². The van der Waals surface area contributed by atoms with Gasteiger partial charge in [0.05, 0.1) is 0 Å². The average Bonchev–Trinajstić information content (AvgIpc) is 2.84. The molecule has 0 aliphatic rings. The van der Waals surface area contributed by atoms with Gasteiger partial charge in [-0.05, 0) is 62.8 Å². The first-order valence-corrected chi connectivity index (χ1v) is 14.8. The van der Waals surface area contributed by atoms with E-state index in [1.165, 1.54) is 22.3 Å². The minimum Gasteiger partial charge on any atom is -0.423 e. The Hall–Kier alpha value is -1.70. The van der Waals surface area contributed by atoms with E-state index in [2.05, 4.69) is 156 Å². The Labute approximate surface area is 254 Å². The van der Waals surface area contributed by atoms with Gasteiger partial charge in [-0.2, -0.15) is 0 Å². The summed E-state index contributed by atoms with van der Waals surface area (Å²) in [6.07, 6.45) is 0. The van der Waals surface area contributed by atoms with Crippen LogP contribution >= 0.6 is 47.8 Å². The molecule has 0 aliphatic carbocycles. The summed E-state index contributed by atoms with van der Waals surface area (Å²) in [5.74, 6) is 0. The van der Waals surface area contributed by atoms with Crippen molar-refractivity contribution in [3.05, 3.63) is 122 Å². The van der Waals surface area contributed by atoms with Gasteiger partial charge in [-0.25, -0.2) is 0 Å². The van der Waals surface area contributed by atoms with Gasteiger partial charge < -0.3 is 10.0 Å². The first-order valence-electron chi connectivity index (χ1n) is 12.4. The van der Waals surface area contributed by atoms with Crippen LogP contribution in [0.2, 0.25) is 0 Å². The summed E-state index contributed by atoms with van der Waals surface area (Å²) in [7, 11) is -1.39. The minimum atomic E-state index is -1.39. The number of hydrogen-bond donors (Lipinski definition) is 2. The van der Waals surface area contributed by atoms with E-state index in [4.69, 9.17) is 10.0 Å². The van der Waals surface area contributed by atoms with Crippen molar-refractivity contribution >= 4 is 60.4 Å². The van der Waals surface area contributed by atoms with Crippen LogP contribution in [0.4, 0.5) is 0 Å². The Bertz CT molecular complexity index is 1270. The largest absolute Gasteiger partial charge is 0.489 e. The van der Waals surface area contributed by atoms with Gasteiger partial charge in [-0.1, -0.05) is 162 Å². The van der Waals surface area contributed by atoms with Crippen LogP contribution in [0.25, 0.3) is 11.1 Å². The van der Waals surface area contributed by atoms with Crippen molar-refractivity contribution in [1.29, 1.82) is 0 Å². The van der Waals surface area contributed by atoms with Crippen molar-refractivity contribution in [2.75, 3.05) is 0 Å². The third-order valence-corrected chi connectivity index (χ3v) is 7.77. The molecule has 0 spiro atoms. The molecule has 0 amide bonds. The monoisotopic (exact) mass is 700 g/mol. The Morgan fingerprint density at radius 3 is 1.34 bits per heavy atom. The van der Waals surface area contributed by atoms with Crippen LogP contribution in [-0.4, -0.2) is 17.2 Å². The molecule has 4 rings (SSSR count). The molecular formula is C32H36BBr3O2. The van der Waals surface area contributed by atoms with E-state index in [0.717, 1.165) is 8.95 Å². The highest BCUT2D eigenvalue weighted by atomic mass is 79.9. The minimum absolute atomic E-state index is 0.215. The fourth-order valence-electron chi connectivity index (χ4n) is 3.48. The maximum absolute atomic E-state index is 8.73. The standard InChI is InChI=1S/C16H17Br.C10H13Br.C6H6BBrO2/c1-16(2,3)13-10-8-12(9-11-13)14-6-4-5-7-15(14)17;1-10(2,3)8-4-6-9(11)7-5-8;8-6-4-2-1-3-5(6)7(9)10/h4-11H,1-3H3;4-7H,1-3H3;1-4,9-10H. The molecule has 0 aromatic heterocycles. The molecule has 0 heterocycles. The van der Waals surface area contributed by atoms with Crippen molar-refractivity contribution < 1.29 is 10.0 Å². The molecule has 2 N–H and O–H groups in total. The lowest BCUT2D eigenvalue weighted by Crippen LogP contribution is -2.30. The summed E-state index contributed by atoms with van der Waals surface area (Å²) < 4.78 is 3.00. The average molecular weight is 703 g/mol. The molecule has 4 aromatic carbocycles. The Balaban J connectivity index is 0.000000211. The predicted octanol–water partition coefficient (Wildman–Crippen LogP) is 9.29. The Kier molecular flexibility index (Phi) is 12.5. The van der Waals surface area contributed by atoms with Gasteiger partial charge in [0.1, 0.15) is 0 Å². The topological polar surface area (TPSA) is 40.5 Å². The number of benzene rings is 4. The second kappa shape index (κ2) is 14.6. The van der Waals surface area contributed by atoms with Crippen molar-refractivity contribution in [2.24, 2.45) is 0 Å². The van der Waals surface area contributed by atoms with Gasteiger partial charge in [-0.15, -0.1) is 0 Å². The maximum Gasteiger partial charge on any atom is 0.489 e. The molecule has 0 aliphatic heterocycles. The lowest BCUT2D eigenvalue weighted by molar-refractivity contribution is 0.425. The van der Waals surface area contributed by atoms with E-state index >= 15 is 0 Å². The summed E-state index contributed by atoms with van der Waals surface area (Å²) in [4.78, 5) is 0. The van der Waals surface area contributed by atoms with Gasteiger partial charge in [-0.3, -0.25) is 0 Å². The van der Waals surface area contributed by atoms with E-state index in [9.17, 15) is 0 Å². The Morgan fingerprint density at radius 2 is 0.947 bits per heavy atom. The SMILES string of the molecule is CC(C)(C)c1ccc(-c2ccccc2Br)cc1.CC(C)(C)c1ccc(Br)cc1.OB(O)c1ccccc1Br. The molecule has 0 unspecified atom stereocenters. The fourth-order valence-corrected chi connectivity index (χ4v) is 4.75. The van der Waals surface area contributed by atoms with Gasteiger partial charge in [0.2, 0.25) is 0 Å². The van der Waals surface area contributed by atoms with Crippen molar-refractivity contribution in [3.8, 4) is 11.1 Å². The Morgan fingerprint density at radius 1 is 0.526 bits per heavy atom. The zero-order chi connectivity index (χ0) is 28.5. The zero-order valence-electron chi connectivity index (χ0n) is 22.8. The lowest BCUT2D eigenvalue weighted by Gasteiger charge is -2.19. The van der Waals surface area contributed by atoms with E-state index in [1.807, 2.05) is 12.1 Å². The molecular weight excluding hydrogens is 667 g/mol. The molecule has 0 saturated heterocycles. The molecule has 0 radical (unpaired) electrons. The van der Waals surface area contributed by atoms with Crippen molar-refractivity contribution in [2.45, 2.75) is 52.4 Å². The van der Waals surface area contributed by atoms with Gasteiger partial charge in [0.15, 0.2) is 0 Å². The molecule has 0 bridgehead atoms. The first-order chi connectivity index (χ1) is 17.7. The second-order valence-corrected chi connectivity index (χ2v) is 13.6. The number of halogens is 3. The van der Waals surface area contributed by atoms with Crippen LogP contribution in [0.5, 0.6) is 0 Å². The fraction of sp³-hybridized carbons (Fsp3) is 0.250. The smallest absolute Gasteiger partial charge is 0.423 e. The third-order valence-electron chi connectivity index (χ3n) is 5.83. The normalized spacial score (nSPS) is 11.0. The van der Waals surface area contributed by atoms with Gasteiger partial charge in [0.25, 0.3) is 0 Å². The molecule has 38 heavy (non-hydrogen) atoms. The van der Waals surface area contributed by atoms with Crippen LogP contribution < -0.4 is 5.46 Å². The molecule has 200 valence electrons. The van der Waals surface area contributed by atoms with Gasteiger partial charge >= 0.3 is 7.12 Å². The second-order valence-electron chi connectivity index (χ2n) is 11.0. The van der Waals surface area contributed by atoms with E-state index in [0.29, 0.717) is 9.94 Å². The van der Waals surface area contributed by atoms with Crippen LogP contribution in [-0.2, 0) is 10.8 Å². The number of hydrogen-bond acceptors (Lipinski definition) is 2. The highest BCUT2D eigenvalue weighted by Gasteiger charge is 2.14.